The summed E-state index contributed by atoms with van der Waals surface area (Å²) in [5.74, 6) is -0.0662. The fourth-order valence-corrected chi connectivity index (χ4v) is 1.92. The lowest BCUT2D eigenvalue weighted by Gasteiger charge is -2.07. The summed E-state index contributed by atoms with van der Waals surface area (Å²) in [6.07, 6.45) is 2.54. The summed E-state index contributed by atoms with van der Waals surface area (Å²) in [5.41, 5.74) is 1.39. The van der Waals surface area contributed by atoms with Gasteiger partial charge in [-0.2, -0.15) is 0 Å². The maximum absolute atomic E-state index is 12.7. The number of rotatable bonds is 4. The van der Waals surface area contributed by atoms with Crippen molar-refractivity contribution >= 4 is 27.2 Å². The molecular weight excluding hydrogens is 269 g/mol. The van der Waals surface area contributed by atoms with Crippen molar-refractivity contribution < 1.29 is 12.8 Å². The van der Waals surface area contributed by atoms with Crippen molar-refractivity contribution in [3.63, 3.8) is 0 Å². The number of hydrogen-bond acceptors (Lipinski definition) is 4. The number of hydrogen-bond donors (Lipinski definition) is 2. The lowest BCUT2D eigenvalue weighted by atomic mass is 10.3. The Bertz CT molecular complexity index is 654. The van der Waals surface area contributed by atoms with E-state index < -0.39 is 10.0 Å². The van der Waals surface area contributed by atoms with Gasteiger partial charge in [0.2, 0.25) is 10.0 Å². The number of halogens is 1. The zero-order valence-electron chi connectivity index (χ0n) is 10.1. The van der Waals surface area contributed by atoms with E-state index in [9.17, 15) is 12.8 Å². The van der Waals surface area contributed by atoms with Gasteiger partial charge in [-0.1, -0.05) is 0 Å². The summed E-state index contributed by atoms with van der Waals surface area (Å²) < 4.78 is 37.0. The Hall–Kier alpha value is -2.15. The van der Waals surface area contributed by atoms with Gasteiger partial charge in [0.25, 0.3) is 0 Å². The van der Waals surface area contributed by atoms with Crippen molar-refractivity contribution in [2.24, 2.45) is 0 Å². The van der Waals surface area contributed by atoms with Gasteiger partial charge in [-0.15, -0.1) is 0 Å². The number of sulfonamides is 1. The Kier molecular flexibility index (Phi) is 3.66. The zero-order valence-corrected chi connectivity index (χ0v) is 10.9. The molecule has 2 rings (SSSR count). The van der Waals surface area contributed by atoms with Crippen LogP contribution in [0.15, 0.2) is 42.6 Å². The second kappa shape index (κ2) is 5.23. The molecule has 0 saturated heterocycles. The largest absolute Gasteiger partial charge is 0.354 e. The Labute approximate surface area is 110 Å². The molecule has 1 heterocycles. The van der Waals surface area contributed by atoms with E-state index in [-0.39, 0.29) is 11.6 Å². The van der Waals surface area contributed by atoms with Crippen LogP contribution in [0.2, 0.25) is 0 Å². The summed E-state index contributed by atoms with van der Waals surface area (Å²) in [4.78, 5) is 3.95. The van der Waals surface area contributed by atoms with E-state index in [1.165, 1.54) is 24.4 Å². The van der Waals surface area contributed by atoms with E-state index in [0.717, 1.165) is 6.26 Å². The van der Waals surface area contributed by atoms with Crippen LogP contribution in [0.5, 0.6) is 0 Å². The van der Waals surface area contributed by atoms with E-state index in [4.69, 9.17) is 0 Å². The minimum absolute atomic E-state index is 0.243. The molecule has 0 amide bonds. The lowest BCUT2D eigenvalue weighted by Crippen LogP contribution is -2.10. The summed E-state index contributed by atoms with van der Waals surface area (Å²) in [6, 6.07) is 9.08. The quantitative estimate of drug-likeness (QED) is 0.902. The molecule has 2 N–H and O–H groups in total. The van der Waals surface area contributed by atoms with Crippen molar-refractivity contribution in [2.45, 2.75) is 0 Å². The van der Waals surface area contributed by atoms with Gasteiger partial charge in [0.05, 0.1) is 18.1 Å². The van der Waals surface area contributed by atoms with Gasteiger partial charge in [0.15, 0.2) is 0 Å². The third-order valence-corrected chi connectivity index (χ3v) is 2.77. The minimum atomic E-state index is -3.33. The molecule has 0 aliphatic heterocycles. The summed E-state index contributed by atoms with van der Waals surface area (Å²) in [5, 5.41) is 3.01. The molecule has 5 nitrogen and oxygen atoms in total. The molecule has 2 aromatic rings. The maximum atomic E-state index is 12.7. The number of anilines is 3. The van der Waals surface area contributed by atoms with Crippen molar-refractivity contribution in [1.29, 1.82) is 0 Å². The highest BCUT2D eigenvalue weighted by Crippen LogP contribution is 2.17. The first-order valence-electron chi connectivity index (χ1n) is 5.39. The number of nitrogens with zero attached hydrogens (tertiary/aromatic N) is 1. The van der Waals surface area contributed by atoms with Crippen LogP contribution in [-0.2, 0) is 10.0 Å². The number of pyridine rings is 1. The van der Waals surface area contributed by atoms with Crippen LogP contribution in [0.4, 0.5) is 21.6 Å². The van der Waals surface area contributed by atoms with Crippen LogP contribution in [0, 0.1) is 5.82 Å². The van der Waals surface area contributed by atoms with Crippen LogP contribution in [0.1, 0.15) is 0 Å². The van der Waals surface area contributed by atoms with E-state index in [1.54, 1.807) is 18.2 Å². The van der Waals surface area contributed by atoms with Crippen LogP contribution in [0.25, 0.3) is 0 Å². The Balaban J connectivity index is 2.08. The molecule has 7 heteroatoms. The van der Waals surface area contributed by atoms with Crippen molar-refractivity contribution in [3.05, 3.63) is 48.4 Å². The molecule has 0 atom stereocenters. The smallest absolute Gasteiger partial charge is 0.230 e. The molecule has 0 spiro atoms. The molecular formula is C12H12FN3O2S. The van der Waals surface area contributed by atoms with Gasteiger partial charge in [0.1, 0.15) is 11.6 Å². The first-order chi connectivity index (χ1) is 8.92. The average molecular weight is 281 g/mol. The second-order valence-corrected chi connectivity index (χ2v) is 5.69. The van der Waals surface area contributed by atoms with E-state index in [2.05, 4.69) is 15.0 Å². The highest BCUT2D eigenvalue weighted by atomic mass is 32.2. The topological polar surface area (TPSA) is 71.1 Å². The highest BCUT2D eigenvalue weighted by Gasteiger charge is 2.03. The zero-order chi connectivity index (χ0) is 13.9. The van der Waals surface area contributed by atoms with E-state index in [0.29, 0.717) is 11.4 Å². The molecule has 0 bridgehead atoms. The predicted octanol–water partition coefficient (Wildman–Crippen LogP) is 2.34. The first-order valence-corrected chi connectivity index (χ1v) is 7.28. The molecule has 0 saturated carbocycles. The normalized spacial score (nSPS) is 11.1. The maximum Gasteiger partial charge on any atom is 0.230 e. The van der Waals surface area contributed by atoms with Gasteiger partial charge in [-0.25, -0.2) is 17.8 Å². The van der Waals surface area contributed by atoms with Gasteiger partial charge in [0, 0.05) is 5.69 Å². The molecule has 19 heavy (non-hydrogen) atoms. The molecule has 0 radical (unpaired) electrons. The average Bonchev–Trinajstić information content (AvgIpc) is 2.33. The summed E-state index contributed by atoms with van der Waals surface area (Å²) in [6.45, 7) is 0. The first kappa shape index (κ1) is 13.3. The molecule has 0 unspecified atom stereocenters. The van der Waals surface area contributed by atoms with Gasteiger partial charge in [-0.3, -0.25) is 4.72 Å². The van der Waals surface area contributed by atoms with Crippen molar-refractivity contribution in [3.8, 4) is 0 Å². The summed E-state index contributed by atoms with van der Waals surface area (Å²) >= 11 is 0. The molecule has 0 aliphatic rings. The van der Waals surface area contributed by atoms with Gasteiger partial charge in [-0.05, 0) is 36.4 Å². The lowest BCUT2D eigenvalue weighted by molar-refractivity contribution is 0.606. The second-order valence-electron chi connectivity index (χ2n) is 3.94. The minimum Gasteiger partial charge on any atom is -0.354 e. The van der Waals surface area contributed by atoms with E-state index >= 15 is 0 Å². The fourth-order valence-electron chi connectivity index (χ4n) is 1.42. The monoisotopic (exact) mass is 281 g/mol. The Morgan fingerprint density at radius 1 is 1.05 bits per heavy atom. The third kappa shape index (κ3) is 4.22. The third-order valence-electron chi connectivity index (χ3n) is 2.19. The van der Waals surface area contributed by atoms with Gasteiger partial charge < -0.3 is 5.32 Å². The summed E-state index contributed by atoms with van der Waals surface area (Å²) in [7, 11) is -3.33. The highest BCUT2D eigenvalue weighted by molar-refractivity contribution is 7.92. The van der Waals surface area contributed by atoms with Gasteiger partial charge >= 0.3 is 0 Å². The molecule has 1 aromatic heterocycles. The van der Waals surface area contributed by atoms with Crippen molar-refractivity contribution in [2.75, 3.05) is 16.3 Å². The number of benzene rings is 1. The van der Waals surface area contributed by atoms with Crippen LogP contribution in [-0.4, -0.2) is 19.7 Å². The number of aromatic nitrogens is 1. The fraction of sp³-hybridized carbons (Fsp3) is 0.0833. The van der Waals surface area contributed by atoms with Crippen LogP contribution in [0.3, 0.4) is 0 Å². The standard InChI is InChI=1S/C12H12FN3O2S/c1-19(17,18)16-12-7-6-11(8-14-12)15-10-4-2-9(13)3-5-10/h2-8,15H,1H3,(H,14,16). The Morgan fingerprint density at radius 3 is 2.21 bits per heavy atom. The molecule has 0 aliphatic carbocycles. The van der Waals surface area contributed by atoms with Crippen LogP contribution < -0.4 is 10.0 Å². The molecule has 1 aromatic carbocycles. The van der Waals surface area contributed by atoms with Crippen LogP contribution >= 0.6 is 0 Å². The van der Waals surface area contributed by atoms with Crippen molar-refractivity contribution in [1.82, 2.24) is 4.98 Å². The molecule has 100 valence electrons. The number of nitrogens with one attached hydrogen (secondary N) is 2. The predicted molar refractivity (Wildman–Crippen MR) is 72.4 cm³/mol. The SMILES string of the molecule is CS(=O)(=O)Nc1ccc(Nc2ccc(F)cc2)cn1. The van der Waals surface area contributed by atoms with E-state index in [1.807, 2.05) is 0 Å². The molecule has 0 fully saturated rings. The Morgan fingerprint density at radius 2 is 1.68 bits per heavy atom.